The molecule has 0 aliphatic heterocycles. The zero-order valence-electron chi connectivity index (χ0n) is 10.2. The largest absolute Gasteiger partial charge is 0.468 e. The Kier molecular flexibility index (Phi) is 4.36. The third kappa shape index (κ3) is 5.60. The Morgan fingerprint density at radius 1 is 1.40 bits per heavy atom. The van der Waals surface area contributed by atoms with Crippen molar-refractivity contribution in [3.05, 3.63) is 24.2 Å². The molecule has 15 heavy (non-hydrogen) atoms. The Labute approximate surface area is 92.5 Å². The van der Waals surface area contributed by atoms with Gasteiger partial charge in [-0.25, -0.2) is 0 Å². The summed E-state index contributed by atoms with van der Waals surface area (Å²) < 4.78 is 5.29. The minimum absolute atomic E-state index is 0.200. The van der Waals surface area contributed by atoms with Crippen LogP contribution in [0.1, 0.15) is 26.5 Å². The molecule has 0 aliphatic rings. The number of likely N-dealkylation sites (N-methyl/N-ethyl adjacent to an activating group) is 1. The van der Waals surface area contributed by atoms with Crippen molar-refractivity contribution in [1.29, 1.82) is 0 Å². The molecule has 1 heterocycles. The van der Waals surface area contributed by atoms with E-state index in [1.807, 2.05) is 12.1 Å². The van der Waals surface area contributed by atoms with Gasteiger partial charge in [0.1, 0.15) is 5.76 Å². The van der Waals surface area contributed by atoms with Crippen LogP contribution in [0.2, 0.25) is 0 Å². The molecule has 1 aromatic rings. The van der Waals surface area contributed by atoms with Gasteiger partial charge in [-0.1, -0.05) is 0 Å². The van der Waals surface area contributed by atoms with Gasteiger partial charge in [0.15, 0.2) is 0 Å². The molecular formula is C12H22N2O. The first kappa shape index (κ1) is 12.3. The van der Waals surface area contributed by atoms with Crippen LogP contribution in [0.15, 0.2) is 22.8 Å². The number of hydrogen-bond donors (Lipinski definition) is 1. The molecule has 0 saturated carbocycles. The number of hydrogen-bond acceptors (Lipinski definition) is 3. The Hall–Kier alpha value is -0.800. The van der Waals surface area contributed by atoms with Crippen molar-refractivity contribution in [3.8, 4) is 0 Å². The standard InChI is InChI=1S/C12H22N2O/c1-12(2,3)13-7-8-14(4)10-11-6-5-9-15-11/h5-6,9,13H,7-8,10H2,1-4H3. The van der Waals surface area contributed by atoms with Gasteiger partial charge >= 0.3 is 0 Å². The molecule has 0 aromatic carbocycles. The van der Waals surface area contributed by atoms with E-state index in [4.69, 9.17) is 4.42 Å². The van der Waals surface area contributed by atoms with Gasteiger partial charge in [-0.05, 0) is 40.0 Å². The summed E-state index contributed by atoms with van der Waals surface area (Å²) in [5.74, 6) is 1.02. The highest BCUT2D eigenvalue weighted by molar-refractivity contribution is 4.97. The average molecular weight is 210 g/mol. The van der Waals surface area contributed by atoms with Crippen LogP contribution in [-0.2, 0) is 6.54 Å². The lowest BCUT2D eigenvalue weighted by Gasteiger charge is -2.23. The van der Waals surface area contributed by atoms with Crippen LogP contribution in [0.25, 0.3) is 0 Å². The van der Waals surface area contributed by atoms with E-state index in [1.54, 1.807) is 6.26 Å². The minimum atomic E-state index is 0.200. The fourth-order valence-corrected chi connectivity index (χ4v) is 1.37. The second-order valence-electron chi connectivity index (χ2n) is 4.99. The van der Waals surface area contributed by atoms with Crippen LogP contribution < -0.4 is 5.32 Å². The van der Waals surface area contributed by atoms with E-state index in [2.05, 4.69) is 38.0 Å². The second-order valence-corrected chi connectivity index (χ2v) is 4.99. The van der Waals surface area contributed by atoms with Crippen LogP contribution in [0, 0.1) is 0 Å². The summed E-state index contributed by atoms with van der Waals surface area (Å²) in [5, 5.41) is 3.46. The van der Waals surface area contributed by atoms with Gasteiger partial charge in [0.05, 0.1) is 12.8 Å². The van der Waals surface area contributed by atoms with E-state index in [0.717, 1.165) is 25.4 Å². The van der Waals surface area contributed by atoms with Gasteiger partial charge in [0.2, 0.25) is 0 Å². The van der Waals surface area contributed by atoms with E-state index in [1.165, 1.54) is 0 Å². The predicted molar refractivity (Wildman–Crippen MR) is 62.8 cm³/mol. The molecule has 0 aliphatic carbocycles. The van der Waals surface area contributed by atoms with Crippen LogP contribution in [0.4, 0.5) is 0 Å². The highest BCUT2D eigenvalue weighted by Gasteiger charge is 2.08. The van der Waals surface area contributed by atoms with Crippen LogP contribution in [-0.4, -0.2) is 30.6 Å². The summed E-state index contributed by atoms with van der Waals surface area (Å²) in [6.07, 6.45) is 1.72. The van der Waals surface area contributed by atoms with Gasteiger partial charge in [-0.3, -0.25) is 4.90 Å². The van der Waals surface area contributed by atoms with E-state index in [-0.39, 0.29) is 5.54 Å². The molecule has 1 rings (SSSR count). The maximum Gasteiger partial charge on any atom is 0.117 e. The Bertz CT molecular complexity index is 262. The quantitative estimate of drug-likeness (QED) is 0.806. The molecule has 1 N–H and O–H groups in total. The molecule has 3 nitrogen and oxygen atoms in total. The summed E-state index contributed by atoms with van der Waals surface area (Å²) >= 11 is 0. The van der Waals surface area contributed by atoms with E-state index < -0.39 is 0 Å². The molecule has 1 aromatic heterocycles. The molecule has 0 unspecified atom stereocenters. The van der Waals surface area contributed by atoms with Gasteiger partial charge in [-0.2, -0.15) is 0 Å². The van der Waals surface area contributed by atoms with Crippen molar-refractivity contribution in [2.75, 3.05) is 20.1 Å². The summed E-state index contributed by atoms with van der Waals surface area (Å²) in [5.41, 5.74) is 0.200. The van der Waals surface area contributed by atoms with Crippen molar-refractivity contribution >= 4 is 0 Å². The van der Waals surface area contributed by atoms with E-state index >= 15 is 0 Å². The van der Waals surface area contributed by atoms with E-state index in [0.29, 0.717) is 0 Å². The average Bonchev–Trinajstić information content (AvgIpc) is 2.54. The maximum atomic E-state index is 5.29. The van der Waals surface area contributed by atoms with Crippen LogP contribution >= 0.6 is 0 Å². The van der Waals surface area contributed by atoms with Crippen molar-refractivity contribution in [2.24, 2.45) is 0 Å². The summed E-state index contributed by atoms with van der Waals surface area (Å²) in [6, 6.07) is 3.93. The van der Waals surface area contributed by atoms with Gasteiger partial charge in [0.25, 0.3) is 0 Å². The van der Waals surface area contributed by atoms with Crippen LogP contribution in [0.3, 0.4) is 0 Å². The van der Waals surface area contributed by atoms with Gasteiger partial charge < -0.3 is 9.73 Å². The molecule has 3 heteroatoms. The number of rotatable bonds is 5. The fourth-order valence-electron chi connectivity index (χ4n) is 1.37. The van der Waals surface area contributed by atoms with Crippen molar-refractivity contribution in [2.45, 2.75) is 32.9 Å². The van der Waals surface area contributed by atoms with Crippen molar-refractivity contribution in [1.82, 2.24) is 10.2 Å². The first-order chi connectivity index (χ1) is 6.97. The van der Waals surface area contributed by atoms with Gasteiger partial charge in [-0.15, -0.1) is 0 Å². The molecule has 0 saturated heterocycles. The lowest BCUT2D eigenvalue weighted by Crippen LogP contribution is -2.40. The highest BCUT2D eigenvalue weighted by Crippen LogP contribution is 2.03. The molecule has 0 fully saturated rings. The van der Waals surface area contributed by atoms with Crippen LogP contribution in [0.5, 0.6) is 0 Å². The smallest absolute Gasteiger partial charge is 0.117 e. The van der Waals surface area contributed by atoms with Crippen molar-refractivity contribution in [3.63, 3.8) is 0 Å². The number of nitrogens with zero attached hydrogens (tertiary/aromatic N) is 1. The SMILES string of the molecule is CN(CCNC(C)(C)C)Cc1ccco1. The van der Waals surface area contributed by atoms with Crippen molar-refractivity contribution < 1.29 is 4.42 Å². The fraction of sp³-hybridized carbons (Fsp3) is 0.667. The summed E-state index contributed by atoms with van der Waals surface area (Å²) in [6.45, 7) is 9.44. The Balaban J connectivity index is 2.17. The topological polar surface area (TPSA) is 28.4 Å². The van der Waals surface area contributed by atoms with E-state index in [9.17, 15) is 0 Å². The Morgan fingerprint density at radius 2 is 2.13 bits per heavy atom. The first-order valence-corrected chi connectivity index (χ1v) is 5.43. The first-order valence-electron chi connectivity index (χ1n) is 5.43. The molecule has 0 radical (unpaired) electrons. The van der Waals surface area contributed by atoms with Gasteiger partial charge in [0, 0.05) is 18.6 Å². The third-order valence-electron chi connectivity index (χ3n) is 2.15. The molecular weight excluding hydrogens is 188 g/mol. The second kappa shape index (κ2) is 5.33. The zero-order chi connectivity index (χ0) is 11.3. The molecule has 0 bridgehead atoms. The normalized spacial score (nSPS) is 12.3. The minimum Gasteiger partial charge on any atom is -0.468 e. The number of furan rings is 1. The summed E-state index contributed by atoms with van der Waals surface area (Å²) in [4.78, 5) is 2.25. The monoisotopic (exact) mass is 210 g/mol. The lowest BCUT2D eigenvalue weighted by atomic mass is 10.1. The zero-order valence-corrected chi connectivity index (χ0v) is 10.2. The third-order valence-corrected chi connectivity index (χ3v) is 2.15. The number of nitrogens with one attached hydrogen (secondary N) is 1. The maximum absolute atomic E-state index is 5.29. The Morgan fingerprint density at radius 3 is 2.67 bits per heavy atom. The molecule has 0 amide bonds. The highest BCUT2D eigenvalue weighted by atomic mass is 16.3. The molecule has 0 atom stereocenters. The molecule has 86 valence electrons. The predicted octanol–water partition coefficient (Wildman–Crippen LogP) is 2.10. The lowest BCUT2D eigenvalue weighted by molar-refractivity contribution is 0.280. The summed E-state index contributed by atoms with van der Waals surface area (Å²) in [7, 11) is 2.10. The molecule has 0 spiro atoms.